The Bertz CT molecular complexity index is 728. The highest BCUT2D eigenvalue weighted by Gasteiger charge is 2.41. The first-order chi connectivity index (χ1) is 11.3. The number of carbonyl (C=O) groups is 1. The molecule has 23 heavy (non-hydrogen) atoms. The number of methoxy groups -OCH3 is 1. The topological polar surface area (TPSA) is 67.3 Å². The Hall–Kier alpha value is -2.63. The number of anilines is 1. The third-order valence-electron chi connectivity index (χ3n) is 4.40. The molecule has 6 heteroatoms. The van der Waals surface area contributed by atoms with Gasteiger partial charge in [-0.3, -0.25) is 4.79 Å². The summed E-state index contributed by atoms with van der Waals surface area (Å²) in [6, 6.07) is 7.98. The summed E-state index contributed by atoms with van der Waals surface area (Å²) in [5.74, 6) is 1.97. The van der Waals surface area contributed by atoms with Crippen molar-refractivity contribution in [2.24, 2.45) is 5.92 Å². The van der Waals surface area contributed by atoms with Crippen molar-refractivity contribution >= 4 is 11.7 Å². The molecule has 1 saturated carbocycles. The number of carbonyl (C=O) groups excluding carboxylic acids is 1. The van der Waals surface area contributed by atoms with Gasteiger partial charge in [-0.1, -0.05) is 12.1 Å². The Morgan fingerprint density at radius 1 is 1.30 bits per heavy atom. The van der Waals surface area contributed by atoms with Crippen LogP contribution in [-0.4, -0.2) is 29.2 Å². The van der Waals surface area contributed by atoms with Crippen LogP contribution in [0.1, 0.15) is 28.8 Å². The maximum atomic E-state index is 12.3. The molecule has 0 saturated heterocycles. The van der Waals surface area contributed by atoms with Crippen LogP contribution in [0.2, 0.25) is 0 Å². The van der Waals surface area contributed by atoms with E-state index in [1.165, 1.54) is 6.33 Å². The normalized spacial score (nSPS) is 20.0. The largest absolute Gasteiger partial charge is 0.497 e. The molecule has 1 amide bonds. The van der Waals surface area contributed by atoms with Crippen LogP contribution >= 0.6 is 0 Å². The molecule has 2 aromatic rings. The fraction of sp³-hybridized carbons (Fsp3) is 0.353. The molecule has 6 nitrogen and oxygen atoms in total. The highest BCUT2D eigenvalue weighted by molar-refractivity contribution is 6.00. The summed E-state index contributed by atoms with van der Waals surface area (Å²) in [5, 5.41) is 3.11. The lowest BCUT2D eigenvalue weighted by molar-refractivity contribution is 0.0919. The third kappa shape index (κ3) is 2.60. The summed E-state index contributed by atoms with van der Waals surface area (Å²) in [4.78, 5) is 22.8. The molecule has 118 valence electrons. The van der Waals surface area contributed by atoms with Gasteiger partial charge in [-0.05, 0) is 36.5 Å². The van der Waals surface area contributed by atoms with Gasteiger partial charge in [0.1, 0.15) is 29.6 Å². The number of fused-ring (bicyclic) bond motifs is 1. The van der Waals surface area contributed by atoms with Gasteiger partial charge in [-0.2, -0.15) is 0 Å². The van der Waals surface area contributed by atoms with Crippen LogP contribution < -0.4 is 15.0 Å². The Morgan fingerprint density at radius 3 is 2.78 bits per heavy atom. The number of rotatable bonds is 4. The molecule has 2 heterocycles. The van der Waals surface area contributed by atoms with E-state index < -0.39 is 0 Å². The fourth-order valence-corrected chi connectivity index (χ4v) is 3.02. The fourth-order valence-electron chi connectivity index (χ4n) is 3.02. The monoisotopic (exact) mass is 310 g/mol. The molecule has 1 N–H and O–H groups in total. The van der Waals surface area contributed by atoms with E-state index in [9.17, 15) is 4.79 Å². The minimum atomic E-state index is -0.0801. The summed E-state index contributed by atoms with van der Waals surface area (Å²) in [6.45, 7) is 0.690. The summed E-state index contributed by atoms with van der Waals surface area (Å²) in [5.41, 5.74) is 1.69. The van der Waals surface area contributed by atoms with E-state index in [2.05, 4.69) is 20.2 Å². The molecule has 1 atom stereocenters. The summed E-state index contributed by atoms with van der Waals surface area (Å²) in [6.07, 6.45) is 5.38. The molecule has 1 fully saturated rings. The molecule has 1 aliphatic heterocycles. The van der Waals surface area contributed by atoms with Gasteiger partial charge in [0.2, 0.25) is 0 Å². The number of hydrogen-bond acceptors (Lipinski definition) is 5. The van der Waals surface area contributed by atoms with Crippen molar-refractivity contribution < 1.29 is 9.53 Å². The van der Waals surface area contributed by atoms with Gasteiger partial charge >= 0.3 is 0 Å². The van der Waals surface area contributed by atoms with Gasteiger partial charge in [0.15, 0.2) is 0 Å². The SMILES string of the molecule is COc1ccc(CN2c3ncncc3C(=O)NC2C2CC2)cc1. The van der Waals surface area contributed by atoms with Crippen LogP contribution in [0.5, 0.6) is 5.75 Å². The zero-order valence-corrected chi connectivity index (χ0v) is 12.9. The Balaban J connectivity index is 1.67. The molecule has 1 aromatic heterocycles. The van der Waals surface area contributed by atoms with Crippen molar-refractivity contribution in [3.63, 3.8) is 0 Å². The molecule has 4 rings (SSSR count). The molecule has 1 aromatic carbocycles. The molecular formula is C17H18N4O2. The van der Waals surface area contributed by atoms with Crippen molar-refractivity contribution in [3.8, 4) is 5.75 Å². The lowest BCUT2D eigenvalue weighted by Gasteiger charge is -2.38. The van der Waals surface area contributed by atoms with E-state index in [0.29, 0.717) is 18.0 Å². The lowest BCUT2D eigenvalue weighted by Crippen LogP contribution is -2.54. The van der Waals surface area contributed by atoms with Crippen LogP contribution in [0.4, 0.5) is 5.82 Å². The zero-order chi connectivity index (χ0) is 15.8. The third-order valence-corrected chi connectivity index (χ3v) is 4.40. The quantitative estimate of drug-likeness (QED) is 0.935. The molecule has 0 spiro atoms. The number of ether oxygens (including phenoxy) is 1. The zero-order valence-electron chi connectivity index (χ0n) is 12.9. The highest BCUT2D eigenvalue weighted by Crippen LogP contribution is 2.38. The average Bonchev–Trinajstić information content (AvgIpc) is 3.43. The van der Waals surface area contributed by atoms with Gasteiger partial charge in [0, 0.05) is 12.7 Å². The summed E-state index contributed by atoms with van der Waals surface area (Å²) in [7, 11) is 1.66. The first-order valence-electron chi connectivity index (χ1n) is 7.76. The van der Waals surface area contributed by atoms with E-state index in [4.69, 9.17) is 4.74 Å². The first-order valence-corrected chi connectivity index (χ1v) is 7.76. The van der Waals surface area contributed by atoms with Crippen LogP contribution in [0.15, 0.2) is 36.8 Å². The first kappa shape index (κ1) is 14.0. The van der Waals surface area contributed by atoms with E-state index >= 15 is 0 Å². The standard InChI is InChI=1S/C17H18N4O2/c1-23-13-6-2-11(3-7-13)9-21-15(12-4-5-12)20-17(22)14-8-18-10-19-16(14)21/h2-3,6-8,10,12,15H,4-5,9H2,1H3,(H,20,22). The van der Waals surface area contributed by atoms with Crippen LogP contribution in [0.3, 0.4) is 0 Å². The van der Waals surface area contributed by atoms with E-state index in [0.717, 1.165) is 30.0 Å². The van der Waals surface area contributed by atoms with Crippen molar-refractivity contribution in [2.75, 3.05) is 12.0 Å². The Labute approximate surface area is 134 Å². The number of hydrogen-bond donors (Lipinski definition) is 1. The van der Waals surface area contributed by atoms with Crippen LogP contribution in [-0.2, 0) is 6.54 Å². The molecule has 1 unspecified atom stereocenters. The predicted octanol–water partition coefficient (Wildman–Crippen LogP) is 1.97. The molecule has 0 bridgehead atoms. The van der Waals surface area contributed by atoms with Crippen molar-refractivity contribution in [3.05, 3.63) is 47.9 Å². The number of amides is 1. The molecule has 2 aliphatic rings. The maximum Gasteiger partial charge on any atom is 0.258 e. The van der Waals surface area contributed by atoms with Gasteiger partial charge in [-0.15, -0.1) is 0 Å². The van der Waals surface area contributed by atoms with Crippen molar-refractivity contribution in [1.82, 2.24) is 15.3 Å². The Morgan fingerprint density at radius 2 is 2.09 bits per heavy atom. The van der Waals surface area contributed by atoms with Gasteiger partial charge in [0.25, 0.3) is 5.91 Å². The second-order valence-electron chi connectivity index (χ2n) is 5.99. The highest BCUT2D eigenvalue weighted by atomic mass is 16.5. The molecule has 1 aliphatic carbocycles. The lowest BCUT2D eigenvalue weighted by atomic mass is 10.1. The average molecular weight is 310 g/mol. The second-order valence-corrected chi connectivity index (χ2v) is 5.99. The second kappa shape index (κ2) is 5.53. The molecular weight excluding hydrogens is 292 g/mol. The number of aromatic nitrogens is 2. The number of benzene rings is 1. The predicted molar refractivity (Wildman–Crippen MR) is 85.2 cm³/mol. The van der Waals surface area contributed by atoms with E-state index in [1.807, 2.05) is 24.3 Å². The van der Waals surface area contributed by atoms with Crippen LogP contribution in [0, 0.1) is 5.92 Å². The summed E-state index contributed by atoms with van der Waals surface area (Å²) < 4.78 is 5.21. The van der Waals surface area contributed by atoms with E-state index in [-0.39, 0.29) is 12.1 Å². The summed E-state index contributed by atoms with van der Waals surface area (Å²) >= 11 is 0. The number of nitrogens with one attached hydrogen (secondary N) is 1. The minimum absolute atomic E-state index is 0.00648. The van der Waals surface area contributed by atoms with E-state index in [1.54, 1.807) is 13.3 Å². The van der Waals surface area contributed by atoms with Gasteiger partial charge in [0.05, 0.1) is 7.11 Å². The molecule has 0 radical (unpaired) electrons. The van der Waals surface area contributed by atoms with Crippen molar-refractivity contribution in [1.29, 1.82) is 0 Å². The number of nitrogens with zero attached hydrogens (tertiary/aromatic N) is 3. The van der Waals surface area contributed by atoms with Crippen molar-refractivity contribution in [2.45, 2.75) is 25.6 Å². The van der Waals surface area contributed by atoms with Gasteiger partial charge < -0.3 is 15.0 Å². The maximum absolute atomic E-state index is 12.3. The van der Waals surface area contributed by atoms with Gasteiger partial charge in [-0.25, -0.2) is 9.97 Å². The van der Waals surface area contributed by atoms with Crippen LogP contribution in [0.25, 0.3) is 0 Å². The Kier molecular flexibility index (Phi) is 3.37. The smallest absolute Gasteiger partial charge is 0.258 e. The minimum Gasteiger partial charge on any atom is -0.497 e.